The third-order valence-corrected chi connectivity index (χ3v) is 3.00. The summed E-state index contributed by atoms with van der Waals surface area (Å²) < 4.78 is 12.8. The quantitative estimate of drug-likeness (QED) is 0.769. The maximum atomic E-state index is 5.46. The van der Waals surface area contributed by atoms with Gasteiger partial charge in [0.15, 0.2) is 6.29 Å². The number of rotatable bonds is 6. The molecular formula is C11H20N4O2. The van der Waals surface area contributed by atoms with E-state index in [0.29, 0.717) is 19.3 Å². The van der Waals surface area contributed by atoms with Crippen molar-refractivity contribution in [1.82, 2.24) is 20.1 Å². The van der Waals surface area contributed by atoms with Crippen LogP contribution in [-0.4, -0.2) is 47.4 Å². The highest BCUT2D eigenvalue weighted by Crippen LogP contribution is 2.12. The molecule has 1 unspecified atom stereocenters. The second kappa shape index (κ2) is 6.09. The van der Waals surface area contributed by atoms with Crippen LogP contribution in [0.2, 0.25) is 0 Å². The maximum absolute atomic E-state index is 5.46. The second-order valence-electron chi connectivity index (χ2n) is 4.09. The van der Waals surface area contributed by atoms with Gasteiger partial charge >= 0.3 is 0 Å². The van der Waals surface area contributed by atoms with Crippen molar-refractivity contribution in [3.8, 4) is 0 Å². The molecule has 17 heavy (non-hydrogen) atoms. The standard InChI is InChI=1S/C11H20N4O2/c1-3-15-10(13-8-14-15)6-9(12-2)7-11-16-4-5-17-11/h8-9,11-12H,3-7H2,1-2H3. The van der Waals surface area contributed by atoms with E-state index in [2.05, 4.69) is 22.3 Å². The molecule has 6 nitrogen and oxygen atoms in total. The van der Waals surface area contributed by atoms with E-state index in [1.165, 1.54) is 0 Å². The van der Waals surface area contributed by atoms with Crippen LogP contribution < -0.4 is 5.32 Å². The van der Waals surface area contributed by atoms with Crippen LogP contribution in [0.25, 0.3) is 0 Å². The second-order valence-corrected chi connectivity index (χ2v) is 4.09. The first kappa shape index (κ1) is 12.5. The Morgan fingerprint density at radius 2 is 2.29 bits per heavy atom. The fraction of sp³-hybridized carbons (Fsp3) is 0.818. The lowest BCUT2D eigenvalue weighted by Crippen LogP contribution is -2.33. The molecule has 2 heterocycles. The number of likely N-dealkylation sites (N-methyl/N-ethyl adjacent to an activating group) is 1. The van der Waals surface area contributed by atoms with Gasteiger partial charge in [0.1, 0.15) is 12.2 Å². The zero-order valence-corrected chi connectivity index (χ0v) is 10.4. The van der Waals surface area contributed by atoms with Crippen LogP contribution in [0, 0.1) is 0 Å². The van der Waals surface area contributed by atoms with Crippen LogP contribution in [0.3, 0.4) is 0 Å². The smallest absolute Gasteiger partial charge is 0.159 e. The molecule has 0 amide bonds. The van der Waals surface area contributed by atoms with Crippen molar-refractivity contribution in [2.45, 2.75) is 38.6 Å². The van der Waals surface area contributed by atoms with E-state index in [0.717, 1.165) is 25.2 Å². The molecule has 0 spiro atoms. The normalized spacial score (nSPS) is 18.7. The van der Waals surface area contributed by atoms with Crippen LogP contribution in [0.4, 0.5) is 0 Å². The van der Waals surface area contributed by atoms with Gasteiger partial charge in [-0.1, -0.05) is 0 Å². The van der Waals surface area contributed by atoms with Crippen LogP contribution in [0.5, 0.6) is 0 Å². The van der Waals surface area contributed by atoms with Gasteiger partial charge in [-0.05, 0) is 14.0 Å². The first-order valence-corrected chi connectivity index (χ1v) is 6.10. The number of aromatic nitrogens is 3. The monoisotopic (exact) mass is 240 g/mol. The van der Waals surface area contributed by atoms with E-state index in [9.17, 15) is 0 Å². The van der Waals surface area contributed by atoms with Gasteiger partial charge < -0.3 is 14.8 Å². The zero-order valence-electron chi connectivity index (χ0n) is 10.4. The highest BCUT2D eigenvalue weighted by molar-refractivity contribution is 4.90. The number of hydrogen-bond donors (Lipinski definition) is 1. The molecule has 0 bridgehead atoms. The topological polar surface area (TPSA) is 61.2 Å². The van der Waals surface area contributed by atoms with Crippen molar-refractivity contribution in [2.24, 2.45) is 0 Å². The molecule has 1 saturated heterocycles. The van der Waals surface area contributed by atoms with Crippen LogP contribution in [0.15, 0.2) is 6.33 Å². The molecule has 0 radical (unpaired) electrons. The summed E-state index contributed by atoms with van der Waals surface area (Å²) in [6.45, 7) is 4.32. The average molecular weight is 240 g/mol. The molecule has 0 aromatic carbocycles. The molecule has 1 aliphatic heterocycles. The van der Waals surface area contributed by atoms with Crippen molar-refractivity contribution in [2.75, 3.05) is 20.3 Å². The van der Waals surface area contributed by atoms with Crippen molar-refractivity contribution in [3.05, 3.63) is 12.2 Å². The molecule has 1 aromatic rings. The minimum atomic E-state index is -0.0783. The lowest BCUT2D eigenvalue weighted by atomic mass is 10.1. The predicted molar refractivity (Wildman–Crippen MR) is 62.6 cm³/mol. The van der Waals surface area contributed by atoms with Gasteiger partial charge in [0.25, 0.3) is 0 Å². The summed E-state index contributed by atoms with van der Waals surface area (Å²) in [5.74, 6) is 1.00. The van der Waals surface area contributed by atoms with Gasteiger partial charge in [0.05, 0.1) is 13.2 Å². The number of nitrogens with one attached hydrogen (secondary N) is 1. The summed E-state index contributed by atoms with van der Waals surface area (Å²) in [6.07, 6.45) is 3.21. The molecule has 1 aliphatic rings. The number of hydrogen-bond acceptors (Lipinski definition) is 5. The summed E-state index contributed by atoms with van der Waals surface area (Å²) in [4.78, 5) is 4.28. The van der Waals surface area contributed by atoms with Gasteiger partial charge in [-0.2, -0.15) is 5.10 Å². The Labute approximate surface area is 101 Å². The van der Waals surface area contributed by atoms with Crippen molar-refractivity contribution < 1.29 is 9.47 Å². The molecule has 96 valence electrons. The molecule has 1 fully saturated rings. The van der Waals surface area contributed by atoms with E-state index >= 15 is 0 Å². The molecule has 2 rings (SSSR count). The summed E-state index contributed by atoms with van der Waals surface area (Å²) in [5.41, 5.74) is 0. The fourth-order valence-electron chi connectivity index (χ4n) is 2.01. The molecule has 0 aliphatic carbocycles. The van der Waals surface area contributed by atoms with Crippen LogP contribution in [0.1, 0.15) is 19.2 Å². The number of nitrogens with zero attached hydrogens (tertiary/aromatic N) is 3. The summed E-state index contributed by atoms with van der Waals surface area (Å²) in [5, 5.41) is 7.45. The molecule has 1 atom stereocenters. The first-order valence-electron chi connectivity index (χ1n) is 6.10. The fourth-order valence-corrected chi connectivity index (χ4v) is 2.01. The average Bonchev–Trinajstić information content (AvgIpc) is 2.99. The van der Waals surface area contributed by atoms with E-state index in [-0.39, 0.29) is 6.29 Å². The Hall–Kier alpha value is -0.980. The zero-order chi connectivity index (χ0) is 12.1. The van der Waals surface area contributed by atoms with Gasteiger partial charge in [-0.3, -0.25) is 4.68 Å². The molecule has 0 saturated carbocycles. The minimum absolute atomic E-state index is 0.0783. The SMILES string of the molecule is CCn1ncnc1CC(CC1OCCO1)NC. The van der Waals surface area contributed by atoms with E-state index in [4.69, 9.17) is 9.47 Å². The highest BCUT2D eigenvalue weighted by Gasteiger charge is 2.21. The highest BCUT2D eigenvalue weighted by atomic mass is 16.7. The summed E-state index contributed by atoms with van der Waals surface area (Å²) in [7, 11) is 1.95. The van der Waals surface area contributed by atoms with E-state index in [1.807, 2.05) is 11.7 Å². The van der Waals surface area contributed by atoms with Gasteiger partial charge in [-0.15, -0.1) is 0 Å². The van der Waals surface area contributed by atoms with Crippen LogP contribution >= 0.6 is 0 Å². The molecule has 1 aromatic heterocycles. The lowest BCUT2D eigenvalue weighted by Gasteiger charge is -2.19. The van der Waals surface area contributed by atoms with Crippen molar-refractivity contribution in [1.29, 1.82) is 0 Å². The minimum Gasteiger partial charge on any atom is -0.350 e. The Bertz CT molecular complexity index is 336. The van der Waals surface area contributed by atoms with Crippen molar-refractivity contribution in [3.63, 3.8) is 0 Å². The third-order valence-electron chi connectivity index (χ3n) is 3.00. The Morgan fingerprint density at radius 3 is 2.94 bits per heavy atom. The Morgan fingerprint density at radius 1 is 1.53 bits per heavy atom. The Balaban J connectivity index is 1.90. The number of aryl methyl sites for hydroxylation is 1. The van der Waals surface area contributed by atoms with Gasteiger partial charge in [0.2, 0.25) is 0 Å². The predicted octanol–water partition coefficient (Wildman–Crippen LogP) is 0.192. The maximum Gasteiger partial charge on any atom is 0.159 e. The first-order chi connectivity index (χ1) is 8.33. The van der Waals surface area contributed by atoms with E-state index < -0.39 is 0 Å². The van der Waals surface area contributed by atoms with E-state index in [1.54, 1.807) is 6.33 Å². The summed E-state index contributed by atoms with van der Waals surface area (Å²) >= 11 is 0. The lowest BCUT2D eigenvalue weighted by molar-refractivity contribution is -0.0524. The van der Waals surface area contributed by atoms with Gasteiger partial charge in [0, 0.05) is 25.4 Å². The van der Waals surface area contributed by atoms with Gasteiger partial charge in [-0.25, -0.2) is 4.98 Å². The number of ether oxygens (including phenoxy) is 2. The molecular weight excluding hydrogens is 220 g/mol. The van der Waals surface area contributed by atoms with Crippen molar-refractivity contribution >= 4 is 0 Å². The summed E-state index contributed by atoms with van der Waals surface area (Å²) in [6, 6.07) is 0.299. The Kier molecular flexibility index (Phi) is 4.47. The largest absolute Gasteiger partial charge is 0.350 e. The van der Waals surface area contributed by atoms with Crippen LogP contribution in [-0.2, 0) is 22.4 Å². The third kappa shape index (κ3) is 3.24. The molecule has 1 N–H and O–H groups in total. The molecule has 6 heteroatoms.